The lowest BCUT2D eigenvalue weighted by Crippen LogP contribution is -2.30. The Kier molecular flexibility index (Phi) is 13.4. The van der Waals surface area contributed by atoms with Crippen LogP contribution in [-0.2, 0) is 0 Å². The number of hydrogen-bond acceptors (Lipinski definition) is 3. The maximum absolute atomic E-state index is 3.19. The van der Waals surface area contributed by atoms with Gasteiger partial charge in [0.05, 0.1) is 0 Å². The molecule has 18 heavy (non-hydrogen) atoms. The van der Waals surface area contributed by atoms with Crippen molar-refractivity contribution in [2.24, 2.45) is 5.92 Å². The van der Waals surface area contributed by atoms with Crippen molar-refractivity contribution in [1.29, 1.82) is 0 Å². The van der Waals surface area contributed by atoms with Crippen LogP contribution >= 0.6 is 11.8 Å². The quantitative estimate of drug-likeness (QED) is 0.319. The Hall–Kier alpha value is 0.01000. The molecule has 0 amide bonds. The highest BCUT2D eigenvalue weighted by molar-refractivity contribution is 7.99. The Labute approximate surface area is 118 Å². The summed E-state index contributed by atoms with van der Waals surface area (Å²) < 4.78 is 0. The summed E-state index contributed by atoms with van der Waals surface area (Å²) in [7, 11) is 1.93. The molecule has 2 atom stereocenters. The molecule has 0 aromatic heterocycles. The number of hydrogen-bond donors (Lipinski definition) is 2. The van der Waals surface area contributed by atoms with Crippen molar-refractivity contribution in [2.45, 2.75) is 58.1 Å². The topological polar surface area (TPSA) is 24.1 Å². The lowest BCUT2D eigenvalue weighted by atomic mass is 9.99. The lowest BCUT2D eigenvalue weighted by Gasteiger charge is -2.22. The average Bonchev–Trinajstić information content (AvgIpc) is 2.38. The third-order valence-corrected chi connectivity index (χ3v) is 4.67. The van der Waals surface area contributed by atoms with E-state index < -0.39 is 0 Å². The predicted octanol–water partition coefficient (Wildman–Crippen LogP) is 3.99. The number of hydrazine groups is 1. The summed E-state index contributed by atoms with van der Waals surface area (Å²) in [6.45, 7) is 7.98. The molecular weight excluding hydrogens is 240 g/mol. The van der Waals surface area contributed by atoms with Gasteiger partial charge in [0.1, 0.15) is 0 Å². The van der Waals surface area contributed by atoms with Gasteiger partial charge in [-0.25, -0.2) is 0 Å². The van der Waals surface area contributed by atoms with E-state index >= 15 is 0 Å². The molecule has 2 N–H and O–H groups in total. The highest BCUT2D eigenvalue weighted by Gasteiger charge is 2.14. The largest absolute Gasteiger partial charge is 0.261 e. The molecule has 0 bridgehead atoms. The molecule has 0 saturated carbocycles. The Morgan fingerprint density at radius 2 is 1.89 bits per heavy atom. The minimum absolute atomic E-state index is 0.772. The van der Waals surface area contributed by atoms with Crippen molar-refractivity contribution >= 4 is 11.8 Å². The number of unbranched alkanes of at least 4 members (excludes halogenated alkanes) is 1. The van der Waals surface area contributed by atoms with E-state index in [4.69, 9.17) is 0 Å². The Morgan fingerprint density at radius 3 is 2.50 bits per heavy atom. The van der Waals surface area contributed by atoms with E-state index in [-0.39, 0.29) is 0 Å². The van der Waals surface area contributed by atoms with E-state index in [1.807, 2.05) is 7.05 Å². The van der Waals surface area contributed by atoms with E-state index in [0.717, 1.165) is 17.7 Å². The van der Waals surface area contributed by atoms with E-state index in [1.165, 1.54) is 37.9 Å². The zero-order chi connectivity index (χ0) is 13.6. The molecule has 0 saturated heterocycles. The average molecular weight is 273 g/mol. The molecule has 2 nitrogen and oxygen atoms in total. The van der Waals surface area contributed by atoms with Gasteiger partial charge in [-0.05, 0) is 38.0 Å². The van der Waals surface area contributed by atoms with Gasteiger partial charge < -0.3 is 0 Å². The van der Waals surface area contributed by atoms with Gasteiger partial charge >= 0.3 is 0 Å². The first-order valence-electron chi connectivity index (χ1n) is 7.42. The molecule has 0 radical (unpaired) electrons. The number of rotatable bonds is 12. The number of thioether (sulfide) groups is 1. The van der Waals surface area contributed by atoms with E-state index in [2.05, 4.69) is 55.5 Å². The van der Waals surface area contributed by atoms with E-state index in [9.17, 15) is 0 Å². The second-order valence-corrected chi connectivity index (χ2v) is 6.24. The summed E-state index contributed by atoms with van der Waals surface area (Å²) in [4.78, 5) is 0. The minimum atomic E-state index is 0.772. The summed E-state index contributed by atoms with van der Waals surface area (Å²) in [6, 6.07) is 0. The fourth-order valence-corrected chi connectivity index (χ4v) is 3.26. The van der Waals surface area contributed by atoms with E-state index in [0.29, 0.717) is 0 Å². The van der Waals surface area contributed by atoms with Crippen LogP contribution in [0, 0.1) is 5.92 Å². The number of allylic oxidation sites excluding steroid dienone is 2. The van der Waals surface area contributed by atoms with Gasteiger partial charge in [-0.2, -0.15) is 11.8 Å². The SMILES string of the molecule is CCCC=CCCSC(C)C(CC)CCNNC. The van der Waals surface area contributed by atoms with Crippen LogP contribution in [0.1, 0.15) is 52.9 Å². The molecule has 0 spiro atoms. The fraction of sp³-hybridized carbons (Fsp3) is 0.867. The summed E-state index contributed by atoms with van der Waals surface area (Å²) in [5.41, 5.74) is 6.18. The molecule has 0 aliphatic carbocycles. The van der Waals surface area contributed by atoms with Gasteiger partial charge in [0.25, 0.3) is 0 Å². The first kappa shape index (κ1) is 18.0. The molecule has 0 aliphatic heterocycles. The summed E-state index contributed by atoms with van der Waals surface area (Å²) in [5, 5.41) is 0.772. The smallest absolute Gasteiger partial charge is 0.0103 e. The van der Waals surface area contributed by atoms with Crippen LogP contribution in [0.25, 0.3) is 0 Å². The van der Waals surface area contributed by atoms with Crippen LogP contribution in [0.5, 0.6) is 0 Å². The molecule has 0 fully saturated rings. The summed E-state index contributed by atoms with van der Waals surface area (Å²) in [5.74, 6) is 2.09. The van der Waals surface area contributed by atoms with Crippen molar-refractivity contribution < 1.29 is 0 Å². The lowest BCUT2D eigenvalue weighted by molar-refractivity contribution is 0.434. The molecule has 108 valence electrons. The van der Waals surface area contributed by atoms with Crippen molar-refractivity contribution in [3.63, 3.8) is 0 Å². The Bertz CT molecular complexity index is 195. The highest BCUT2D eigenvalue weighted by Crippen LogP contribution is 2.25. The van der Waals surface area contributed by atoms with Crippen LogP contribution in [0.15, 0.2) is 12.2 Å². The molecule has 3 heteroatoms. The van der Waals surface area contributed by atoms with Crippen LogP contribution < -0.4 is 10.9 Å². The maximum Gasteiger partial charge on any atom is 0.0103 e. The summed E-state index contributed by atoms with van der Waals surface area (Å²) >= 11 is 2.13. The van der Waals surface area contributed by atoms with Gasteiger partial charge in [0.15, 0.2) is 0 Å². The van der Waals surface area contributed by atoms with Crippen LogP contribution in [0.3, 0.4) is 0 Å². The molecule has 0 aromatic carbocycles. The molecule has 0 rings (SSSR count). The second-order valence-electron chi connectivity index (χ2n) is 4.76. The van der Waals surface area contributed by atoms with Gasteiger partial charge in [-0.3, -0.25) is 10.9 Å². The first-order chi connectivity index (χ1) is 8.76. The predicted molar refractivity (Wildman–Crippen MR) is 86.0 cm³/mol. The highest BCUT2D eigenvalue weighted by atomic mass is 32.2. The van der Waals surface area contributed by atoms with Crippen molar-refractivity contribution in [1.82, 2.24) is 10.9 Å². The van der Waals surface area contributed by atoms with Gasteiger partial charge in [-0.1, -0.05) is 45.8 Å². The first-order valence-corrected chi connectivity index (χ1v) is 8.47. The van der Waals surface area contributed by atoms with Gasteiger partial charge in [0.2, 0.25) is 0 Å². The molecular formula is C15H32N2S. The standard InChI is InChI=1S/C15H32N2S/c1-5-7-8-9-10-13-18-14(3)15(6-2)11-12-17-16-4/h8-9,14-17H,5-7,10-13H2,1-4H3. The Balaban J connectivity index is 3.65. The zero-order valence-corrected chi connectivity index (χ0v) is 13.5. The monoisotopic (exact) mass is 272 g/mol. The van der Waals surface area contributed by atoms with Crippen molar-refractivity contribution in [2.75, 3.05) is 19.3 Å². The molecule has 0 aliphatic rings. The zero-order valence-electron chi connectivity index (χ0n) is 12.7. The Morgan fingerprint density at radius 1 is 1.17 bits per heavy atom. The van der Waals surface area contributed by atoms with Gasteiger partial charge in [0, 0.05) is 11.8 Å². The van der Waals surface area contributed by atoms with E-state index in [1.54, 1.807) is 0 Å². The third kappa shape index (κ3) is 9.98. The molecule has 0 heterocycles. The summed E-state index contributed by atoms with van der Waals surface area (Å²) in [6.07, 6.45) is 10.9. The minimum Gasteiger partial charge on any atom is -0.261 e. The van der Waals surface area contributed by atoms with Crippen LogP contribution in [0.4, 0.5) is 0 Å². The number of nitrogens with one attached hydrogen (secondary N) is 2. The fourth-order valence-electron chi connectivity index (χ4n) is 2.01. The van der Waals surface area contributed by atoms with Crippen molar-refractivity contribution in [3.05, 3.63) is 12.2 Å². The third-order valence-electron chi connectivity index (χ3n) is 3.29. The molecule has 0 aromatic rings. The maximum atomic E-state index is 3.19. The second kappa shape index (κ2) is 13.4. The van der Waals surface area contributed by atoms with Crippen LogP contribution in [-0.4, -0.2) is 24.6 Å². The molecule has 2 unspecified atom stereocenters. The van der Waals surface area contributed by atoms with Crippen LogP contribution in [0.2, 0.25) is 0 Å². The van der Waals surface area contributed by atoms with Crippen molar-refractivity contribution in [3.8, 4) is 0 Å². The normalized spacial score (nSPS) is 15.1. The van der Waals surface area contributed by atoms with Gasteiger partial charge in [-0.15, -0.1) is 0 Å².